The predicted octanol–water partition coefficient (Wildman–Crippen LogP) is 1.69. The van der Waals surface area contributed by atoms with Crippen LogP contribution in [0.5, 0.6) is 0 Å². The van der Waals surface area contributed by atoms with Gasteiger partial charge in [-0.3, -0.25) is 4.79 Å². The number of carbonyl (C=O) groups excluding carboxylic acids is 2. The van der Waals surface area contributed by atoms with Gasteiger partial charge in [-0.05, 0) is 30.3 Å². The molecular weight excluding hydrogens is 387 g/mol. The summed E-state index contributed by atoms with van der Waals surface area (Å²) < 4.78 is 24.0. The van der Waals surface area contributed by atoms with E-state index in [1.165, 1.54) is 17.0 Å². The zero-order chi connectivity index (χ0) is 19.9. The van der Waals surface area contributed by atoms with Crippen molar-refractivity contribution >= 4 is 29.2 Å². The molecule has 28 heavy (non-hydrogen) atoms. The number of amides is 1. The zero-order valence-corrected chi connectivity index (χ0v) is 15.9. The number of rotatable bonds is 6. The Balaban J connectivity index is 1.48. The number of halogens is 2. The average Bonchev–Trinajstić information content (AvgIpc) is 2.70. The third-order valence-corrected chi connectivity index (χ3v) is 4.62. The van der Waals surface area contributed by atoms with Crippen molar-refractivity contribution in [2.24, 2.45) is 0 Å². The zero-order valence-electron chi connectivity index (χ0n) is 15.2. The topological polar surface area (TPSA) is 69.1 Å². The number of benzene rings is 2. The average molecular weight is 408 g/mol. The number of carbonyl (C=O) groups is 2. The van der Waals surface area contributed by atoms with Gasteiger partial charge in [0.1, 0.15) is 25.5 Å². The summed E-state index contributed by atoms with van der Waals surface area (Å²) in [6, 6.07) is 11.0. The van der Waals surface area contributed by atoms with Crippen molar-refractivity contribution in [2.45, 2.75) is 6.54 Å². The summed E-state index contributed by atoms with van der Waals surface area (Å²) in [5.74, 6) is -1.91. The lowest BCUT2D eigenvalue weighted by molar-refractivity contribution is -0.921. The highest BCUT2D eigenvalue weighted by Gasteiger charge is 2.15. The van der Waals surface area contributed by atoms with Crippen LogP contribution in [-0.4, -0.2) is 44.8 Å². The standard InChI is InChI=1S/C20H20ClFN2O4/c21-16-5-6-18(17(22)11-16)23-19(25)13-28-20(26)15-3-1-14(2-4-15)12-24-7-9-27-10-8-24/h1-6,11H,7-10,12-13H2,(H,23,25)/p+1. The molecule has 1 amide bonds. The number of ether oxygens (including phenoxy) is 2. The molecule has 2 N–H and O–H groups in total. The molecule has 148 valence electrons. The molecule has 1 aliphatic heterocycles. The van der Waals surface area contributed by atoms with Crippen LogP contribution < -0.4 is 10.2 Å². The van der Waals surface area contributed by atoms with E-state index in [-0.39, 0.29) is 10.7 Å². The van der Waals surface area contributed by atoms with Crippen LogP contribution in [0.15, 0.2) is 42.5 Å². The van der Waals surface area contributed by atoms with Crippen LogP contribution >= 0.6 is 11.6 Å². The molecule has 1 saturated heterocycles. The molecule has 1 fully saturated rings. The Kier molecular flexibility index (Phi) is 6.97. The van der Waals surface area contributed by atoms with E-state index in [0.717, 1.165) is 44.5 Å². The Bertz CT molecular complexity index is 839. The van der Waals surface area contributed by atoms with Crippen molar-refractivity contribution in [1.29, 1.82) is 0 Å². The summed E-state index contributed by atoms with van der Waals surface area (Å²) in [4.78, 5) is 25.4. The predicted molar refractivity (Wildman–Crippen MR) is 102 cm³/mol. The quantitative estimate of drug-likeness (QED) is 0.715. The summed E-state index contributed by atoms with van der Waals surface area (Å²) in [5, 5.41) is 2.56. The lowest BCUT2D eigenvalue weighted by atomic mass is 10.1. The van der Waals surface area contributed by atoms with Gasteiger partial charge in [-0.25, -0.2) is 9.18 Å². The van der Waals surface area contributed by atoms with Crippen LogP contribution in [0, 0.1) is 5.82 Å². The van der Waals surface area contributed by atoms with Crippen LogP contribution in [0.4, 0.5) is 10.1 Å². The van der Waals surface area contributed by atoms with Gasteiger partial charge in [0.2, 0.25) is 0 Å². The number of hydrogen-bond acceptors (Lipinski definition) is 4. The second-order valence-corrected chi connectivity index (χ2v) is 6.92. The maximum absolute atomic E-state index is 13.7. The summed E-state index contributed by atoms with van der Waals surface area (Å²) in [5.41, 5.74) is 1.44. The first-order valence-electron chi connectivity index (χ1n) is 8.93. The van der Waals surface area contributed by atoms with Gasteiger partial charge in [0.25, 0.3) is 5.91 Å². The van der Waals surface area contributed by atoms with E-state index >= 15 is 0 Å². The summed E-state index contributed by atoms with van der Waals surface area (Å²) in [6.07, 6.45) is 0. The van der Waals surface area contributed by atoms with Crippen LogP contribution in [-0.2, 0) is 20.8 Å². The molecule has 0 radical (unpaired) electrons. The van der Waals surface area contributed by atoms with Gasteiger partial charge in [0.15, 0.2) is 6.61 Å². The maximum Gasteiger partial charge on any atom is 0.338 e. The molecule has 0 aromatic heterocycles. The highest BCUT2D eigenvalue weighted by Crippen LogP contribution is 2.18. The SMILES string of the molecule is O=C(COC(=O)c1ccc(C[NH+]2CCOCC2)cc1)Nc1ccc(Cl)cc1F. The third kappa shape index (κ3) is 5.76. The fraction of sp³-hybridized carbons (Fsp3) is 0.300. The van der Waals surface area contributed by atoms with Crippen molar-refractivity contribution in [3.8, 4) is 0 Å². The fourth-order valence-electron chi connectivity index (χ4n) is 2.88. The molecule has 0 unspecified atom stereocenters. The normalized spacial score (nSPS) is 14.5. The number of morpholine rings is 1. The van der Waals surface area contributed by atoms with Crippen molar-refractivity contribution in [1.82, 2.24) is 0 Å². The van der Waals surface area contributed by atoms with Gasteiger partial charge >= 0.3 is 5.97 Å². The first kappa shape index (κ1) is 20.3. The molecule has 1 heterocycles. The molecule has 0 saturated carbocycles. The van der Waals surface area contributed by atoms with Crippen molar-refractivity contribution in [2.75, 3.05) is 38.2 Å². The van der Waals surface area contributed by atoms with Crippen molar-refractivity contribution in [3.63, 3.8) is 0 Å². The largest absolute Gasteiger partial charge is 0.452 e. The molecule has 2 aromatic carbocycles. The Labute approximate surface area is 167 Å². The second-order valence-electron chi connectivity index (χ2n) is 6.48. The molecular formula is C20H21ClFN2O4+. The molecule has 1 aliphatic rings. The Hall–Kier alpha value is -2.48. The third-order valence-electron chi connectivity index (χ3n) is 4.38. The van der Waals surface area contributed by atoms with Gasteiger partial charge in [-0.1, -0.05) is 23.7 Å². The van der Waals surface area contributed by atoms with Gasteiger partial charge in [0, 0.05) is 10.6 Å². The monoisotopic (exact) mass is 407 g/mol. The minimum atomic E-state index is -0.662. The van der Waals surface area contributed by atoms with Crippen LogP contribution in [0.25, 0.3) is 0 Å². The first-order valence-corrected chi connectivity index (χ1v) is 9.31. The molecule has 6 nitrogen and oxygen atoms in total. The highest BCUT2D eigenvalue weighted by atomic mass is 35.5. The second kappa shape index (κ2) is 9.64. The summed E-state index contributed by atoms with van der Waals surface area (Å²) >= 11 is 5.66. The molecule has 0 aliphatic carbocycles. The van der Waals surface area contributed by atoms with Crippen molar-refractivity contribution in [3.05, 3.63) is 64.4 Å². The molecule has 0 bridgehead atoms. The Morgan fingerprint density at radius 1 is 1.14 bits per heavy atom. The van der Waals surface area contributed by atoms with E-state index in [0.29, 0.717) is 5.56 Å². The van der Waals surface area contributed by atoms with Gasteiger partial charge in [-0.15, -0.1) is 0 Å². The van der Waals surface area contributed by atoms with Gasteiger partial charge < -0.3 is 19.7 Å². The first-order chi connectivity index (χ1) is 13.5. The summed E-state index contributed by atoms with van der Waals surface area (Å²) in [7, 11) is 0. The highest BCUT2D eigenvalue weighted by molar-refractivity contribution is 6.30. The lowest BCUT2D eigenvalue weighted by Gasteiger charge is -2.23. The molecule has 0 spiro atoms. The number of hydrogen-bond donors (Lipinski definition) is 2. The van der Waals surface area contributed by atoms with E-state index in [2.05, 4.69) is 5.32 Å². The Morgan fingerprint density at radius 2 is 1.86 bits per heavy atom. The number of nitrogens with one attached hydrogen (secondary N) is 2. The van der Waals surface area contributed by atoms with Crippen LogP contribution in [0.2, 0.25) is 5.02 Å². The number of esters is 1. The number of anilines is 1. The van der Waals surface area contributed by atoms with E-state index in [1.807, 2.05) is 12.1 Å². The molecule has 8 heteroatoms. The minimum absolute atomic E-state index is 0.0274. The van der Waals surface area contributed by atoms with E-state index in [1.54, 1.807) is 12.1 Å². The van der Waals surface area contributed by atoms with Crippen LogP contribution in [0.1, 0.15) is 15.9 Å². The van der Waals surface area contributed by atoms with Crippen molar-refractivity contribution < 1.29 is 28.4 Å². The lowest BCUT2D eigenvalue weighted by Crippen LogP contribution is -3.12. The summed E-state index contributed by atoms with van der Waals surface area (Å²) in [6.45, 7) is 3.82. The minimum Gasteiger partial charge on any atom is -0.452 e. The fourth-order valence-corrected chi connectivity index (χ4v) is 3.03. The molecule has 3 rings (SSSR count). The van der Waals surface area contributed by atoms with E-state index < -0.39 is 24.3 Å². The van der Waals surface area contributed by atoms with E-state index in [9.17, 15) is 14.0 Å². The smallest absolute Gasteiger partial charge is 0.338 e. The Morgan fingerprint density at radius 3 is 2.54 bits per heavy atom. The molecule has 2 aromatic rings. The van der Waals surface area contributed by atoms with E-state index in [4.69, 9.17) is 21.1 Å². The molecule has 0 atom stereocenters. The van der Waals surface area contributed by atoms with Gasteiger partial charge in [-0.2, -0.15) is 0 Å². The van der Waals surface area contributed by atoms with Crippen LogP contribution in [0.3, 0.4) is 0 Å². The number of quaternary nitrogens is 1. The van der Waals surface area contributed by atoms with Gasteiger partial charge in [0.05, 0.1) is 24.5 Å². The maximum atomic E-state index is 13.7.